The van der Waals surface area contributed by atoms with Crippen molar-refractivity contribution >= 4 is 5.96 Å². The summed E-state index contributed by atoms with van der Waals surface area (Å²) in [5, 5.41) is 14.2. The molecule has 2 N–H and O–H groups in total. The average molecular weight is 324 g/mol. The third-order valence-electron chi connectivity index (χ3n) is 3.11. The van der Waals surface area contributed by atoms with Gasteiger partial charge in [-0.2, -0.15) is 0 Å². The van der Waals surface area contributed by atoms with Crippen LogP contribution in [-0.2, 0) is 11.3 Å². The molecule has 0 bridgehead atoms. The van der Waals surface area contributed by atoms with Crippen molar-refractivity contribution < 1.29 is 4.74 Å². The van der Waals surface area contributed by atoms with Gasteiger partial charge in [-0.1, -0.05) is 13.8 Å². The van der Waals surface area contributed by atoms with E-state index in [-0.39, 0.29) is 0 Å². The van der Waals surface area contributed by atoms with Gasteiger partial charge in [-0.15, -0.1) is 10.2 Å². The summed E-state index contributed by atoms with van der Waals surface area (Å²) >= 11 is 0. The van der Waals surface area contributed by atoms with Crippen molar-refractivity contribution in [1.29, 1.82) is 0 Å². The van der Waals surface area contributed by atoms with Gasteiger partial charge in [-0.3, -0.25) is 4.99 Å². The maximum Gasteiger partial charge on any atom is 0.191 e. The molecule has 7 nitrogen and oxygen atoms in total. The third-order valence-corrected chi connectivity index (χ3v) is 3.11. The normalized spacial score (nSPS) is 11.9. The number of hydrogen-bond donors (Lipinski definition) is 2. The Balaban J connectivity index is 2.08. The van der Waals surface area contributed by atoms with Crippen LogP contribution in [0.2, 0.25) is 0 Å². The number of aryl methyl sites for hydroxylation is 1. The highest BCUT2D eigenvalue weighted by Crippen LogP contribution is 1.94. The highest BCUT2D eigenvalue weighted by molar-refractivity contribution is 5.79. The first kappa shape index (κ1) is 19.4. The Bertz CT molecular complexity index is 405. The van der Waals surface area contributed by atoms with Gasteiger partial charge in [0.05, 0.1) is 0 Å². The maximum absolute atomic E-state index is 5.56. The first-order valence-corrected chi connectivity index (χ1v) is 8.64. The molecule has 7 heteroatoms. The van der Waals surface area contributed by atoms with Crippen LogP contribution in [0, 0.1) is 5.92 Å². The number of nitrogens with one attached hydrogen (secondary N) is 2. The molecule has 0 aliphatic rings. The van der Waals surface area contributed by atoms with Crippen molar-refractivity contribution in [2.75, 3.05) is 32.8 Å². The van der Waals surface area contributed by atoms with Crippen molar-refractivity contribution in [3.05, 3.63) is 12.7 Å². The highest BCUT2D eigenvalue weighted by Gasteiger charge is 1.98. The Kier molecular flexibility index (Phi) is 10.9. The fourth-order valence-corrected chi connectivity index (χ4v) is 1.98. The predicted octanol–water partition coefficient (Wildman–Crippen LogP) is 1.68. The molecule has 23 heavy (non-hydrogen) atoms. The van der Waals surface area contributed by atoms with Crippen molar-refractivity contribution in [1.82, 2.24) is 25.4 Å². The summed E-state index contributed by atoms with van der Waals surface area (Å²) in [5.41, 5.74) is 0. The number of aromatic nitrogens is 3. The van der Waals surface area contributed by atoms with E-state index in [1.807, 2.05) is 4.57 Å². The largest absolute Gasteiger partial charge is 0.381 e. The minimum Gasteiger partial charge on any atom is -0.381 e. The van der Waals surface area contributed by atoms with E-state index >= 15 is 0 Å². The number of unbranched alkanes of at least 4 members (excludes halogenated alkanes) is 1. The predicted molar refractivity (Wildman–Crippen MR) is 93.5 cm³/mol. The molecule has 0 fully saturated rings. The zero-order valence-electron chi connectivity index (χ0n) is 14.8. The second-order valence-corrected chi connectivity index (χ2v) is 5.92. The molecule has 0 saturated carbocycles. The van der Waals surface area contributed by atoms with Crippen LogP contribution in [-0.4, -0.2) is 53.6 Å². The van der Waals surface area contributed by atoms with Gasteiger partial charge in [0, 0.05) is 39.4 Å². The van der Waals surface area contributed by atoms with Gasteiger partial charge in [-0.05, 0) is 32.1 Å². The number of ether oxygens (including phenoxy) is 1. The Labute approximate surface area is 139 Å². The molecule has 1 heterocycles. The summed E-state index contributed by atoms with van der Waals surface area (Å²) in [6, 6.07) is 0. The number of aliphatic imine (C=N–C) groups is 1. The minimum absolute atomic E-state index is 0.593. The number of nitrogens with zero attached hydrogens (tertiary/aromatic N) is 4. The number of guanidine groups is 1. The van der Waals surface area contributed by atoms with Gasteiger partial charge < -0.3 is 19.9 Å². The first-order chi connectivity index (χ1) is 11.2. The van der Waals surface area contributed by atoms with Crippen LogP contribution in [0.4, 0.5) is 0 Å². The second kappa shape index (κ2) is 12.9. The Morgan fingerprint density at radius 2 is 1.96 bits per heavy atom. The SMILES string of the molecule is CCNC(=NCCCOCC(C)C)NCCCCn1cnnc1. The topological polar surface area (TPSA) is 76.4 Å². The Morgan fingerprint density at radius 3 is 2.65 bits per heavy atom. The standard InChI is InChI=1S/C16H32N6O/c1-4-17-16(19-9-7-11-23-12-15(2)3)18-8-5-6-10-22-13-20-21-14-22/h13-15H,4-12H2,1-3H3,(H2,17,18,19). The summed E-state index contributed by atoms with van der Waals surface area (Å²) in [4.78, 5) is 4.57. The molecule has 1 aromatic heterocycles. The monoisotopic (exact) mass is 324 g/mol. The van der Waals surface area contributed by atoms with Gasteiger partial charge in [0.25, 0.3) is 0 Å². The lowest BCUT2D eigenvalue weighted by Gasteiger charge is -2.11. The van der Waals surface area contributed by atoms with Crippen molar-refractivity contribution in [3.8, 4) is 0 Å². The van der Waals surface area contributed by atoms with E-state index in [4.69, 9.17) is 4.74 Å². The lowest BCUT2D eigenvalue weighted by molar-refractivity contribution is 0.109. The van der Waals surface area contributed by atoms with E-state index in [1.54, 1.807) is 12.7 Å². The van der Waals surface area contributed by atoms with E-state index in [0.717, 1.165) is 64.6 Å². The molecule has 0 spiro atoms. The molecule has 0 saturated heterocycles. The van der Waals surface area contributed by atoms with Gasteiger partial charge in [0.1, 0.15) is 12.7 Å². The molecule has 0 amide bonds. The summed E-state index contributed by atoms with van der Waals surface area (Å²) in [6.45, 7) is 11.5. The first-order valence-electron chi connectivity index (χ1n) is 8.64. The van der Waals surface area contributed by atoms with Crippen molar-refractivity contribution in [2.24, 2.45) is 10.9 Å². The van der Waals surface area contributed by atoms with Crippen molar-refractivity contribution in [2.45, 2.75) is 46.6 Å². The van der Waals surface area contributed by atoms with Gasteiger partial charge in [0.15, 0.2) is 5.96 Å². The molecule has 0 atom stereocenters. The van der Waals surface area contributed by atoms with E-state index in [0.29, 0.717) is 5.92 Å². The molecule has 0 aliphatic heterocycles. The van der Waals surface area contributed by atoms with E-state index in [1.165, 1.54) is 0 Å². The fourth-order valence-electron chi connectivity index (χ4n) is 1.98. The molecular weight excluding hydrogens is 292 g/mol. The summed E-state index contributed by atoms with van der Waals surface area (Å²) in [5.74, 6) is 1.48. The van der Waals surface area contributed by atoms with Gasteiger partial charge >= 0.3 is 0 Å². The number of hydrogen-bond acceptors (Lipinski definition) is 4. The van der Waals surface area contributed by atoms with Crippen molar-refractivity contribution in [3.63, 3.8) is 0 Å². The Hall–Kier alpha value is -1.63. The Morgan fingerprint density at radius 1 is 1.17 bits per heavy atom. The average Bonchev–Trinajstić information content (AvgIpc) is 3.03. The molecule has 0 radical (unpaired) electrons. The molecule has 0 unspecified atom stereocenters. The van der Waals surface area contributed by atoms with Gasteiger partial charge in [-0.25, -0.2) is 0 Å². The maximum atomic E-state index is 5.56. The van der Waals surface area contributed by atoms with Crippen LogP contribution in [0.25, 0.3) is 0 Å². The second-order valence-electron chi connectivity index (χ2n) is 5.92. The fraction of sp³-hybridized carbons (Fsp3) is 0.812. The molecule has 132 valence electrons. The zero-order valence-corrected chi connectivity index (χ0v) is 14.8. The highest BCUT2D eigenvalue weighted by atomic mass is 16.5. The van der Waals surface area contributed by atoms with E-state index in [9.17, 15) is 0 Å². The van der Waals surface area contributed by atoms with Crippen LogP contribution < -0.4 is 10.6 Å². The molecule has 0 aliphatic carbocycles. The lowest BCUT2D eigenvalue weighted by Crippen LogP contribution is -2.38. The van der Waals surface area contributed by atoms with Gasteiger partial charge in [0.2, 0.25) is 0 Å². The summed E-state index contributed by atoms with van der Waals surface area (Å²) < 4.78 is 7.56. The molecular formula is C16H32N6O. The lowest BCUT2D eigenvalue weighted by atomic mass is 10.2. The van der Waals surface area contributed by atoms with E-state index in [2.05, 4.69) is 46.6 Å². The minimum atomic E-state index is 0.593. The van der Waals surface area contributed by atoms with Crippen LogP contribution >= 0.6 is 0 Å². The molecule has 1 aromatic rings. The number of rotatable bonds is 12. The van der Waals surface area contributed by atoms with Crippen LogP contribution in [0.15, 0.2) is 17.6 Å². The smallest absolute Gasteiger partial charge is 0.191 e. The van der Waals surface area contributed by atoms with E-state index < -0.39 is 0 Å². The third kappa shape index (κ3) is 10.7. The molecule has 0 aromatic carbocycles. The van der Waals surface area contributed by atoms with Crippen LogP contribution in [0.5, 0.6) is 0 Å². The summed E-state index contributed by atoms with van der Waals surface area (Å²) in [6.07, 6.45) is 6.63. The quantitative estimate of drug-likeness (QED) is 0.347. The molecule has 1 rings (SSSR count). The summed E-state index contributed by atoms with van der Waals surface area (Å²) in [7, 11) is 0. The van der Waals surface area contributed by atoms with Crippen LogP contribution in [0.1, 0.15) is 40.0 Å². The zero-order chi connectivity index (χ0) is 16.8. The van der Waals surface area contributed by atoms with Crippen LogP contribution in [0.3, 0.4) is 0 Å².